The van der Waals surface area contributed by atoms with E-state index in [1.807, 2.05) is 20.8 Å². The van der Waals surface area contributed by atoms with Crippen molar-refractivity contribution in [3.63, 3.8) is 0 Å². The second-order valence-electron chi connectivity index (χ2n) is 3.05. The van der Waals surface area contributed by atoms with E-state index < -0.39 is 0 Å². The van der Waals surface area contributed by atoms with Gasteiger partial charge in [0.2, 0.25) is 0 Å². The maximum Gasteiger partial charge on any atom is 0.133 e. The van der Waals surface area contributed by atoms with E-state index in [1.54, 1.807) is 4.68 Å². The molecule has 0 aromatic carbocycles. The number of aromatic nitrogens is 2. The van der Waals surface area contributed by atoms with Gasteiger partial charge in [0.15, 0.2) is 0 Å². The summed E-state index contributed by atoms with van der Waals surface area (Å²) < 4.78 is 1.71. The molecule has 3 nitrogen and oxygen atoms in total. The first kappa shape index (κ1) is 9.55. The second kappa shape index (κ2) is 3.46. The summed E-state index contributed by atoms with van der Waals surface area (Å²) in [5, 5.41) is 13.7. The Hall–Kier alpha value is -0.540. The van der Waals surface area contributed by atoms with E-state index in [1.165, 1.54) is 0 Å². The predicted molar refractivity (Wildman–Crippen MR) is 48.3 cm³/mol. The predicted octanol–water partition coefficient (Wildman–Crippen LogP) is 1.92. The summed E-state index contributed by atoms with van der Waals surface area (Å²) in [6, 6.07) is 0.233. The minimum atomic E-state index is -0.0443. The van der Waals surface area contributed by atoms with Gasteiger partial charge in [0.05, 0.1) is 12.3 Å². The number of aryl methyl sites for hydroxylation is 1. The largest absolute Gasteiger partial charge is 0.391 e. The van der Waals surface area contributed by atoms with Gasteiger partial charge in [0.25, 0.3) is 0 Å². The lowest BCUT2D eigenvalue weighted by Crippen LogP contribution is -2.02. The molecule has 1 aromatic heterocycles. The van der Waals surface area contributed by atoms with Crippen molar-refractivity contribution >= 4 is 11.6 Å². The first-order valence-electron chi connectivity index (χ1n) is 3.92. The molecule has 0 aliphatic rings. The third kappa shape index (κ3) is 1.47. The van der Waals surface area contributed by atoms with E-state index in [-0.39, 0.29) is 12.6 Å². The normalized spacial score (nSPS) is 11.2. The monoisotopic (exact) mass is 188 g/mol. The van der Waals surface area contributed by atoms with Gasteiger partial charge in [-0.3, -0.25) is 4.68 Å². The van der Waals surface area contributed by atoms with Gasteiger partial charge in [-0.1, -0.05) is 11.6 Å². The SMILES string of the molecule is Cc1nn(C(C)C)c(Cl)c1CO. The average molecular weight is 189 g/mol. The van der Waals surface area contributed by atoms with Crippen molar-refractivity contribution in [2.75, 3.05) is 0 Å². The van der Waals surface area contributed by atoms with E-state index in [9.17, 15) is 0 Å². The van der Waals surface area contributed by atoms with E-state index in [0.29, 0.717) is 5.15 Å². The Morgan fingerprint density at radius 3 is 2.42 bits per heavy atom. The van der Waals surface area contributed by atoms with Crippen molar-refractivity contribution in [1.29, 1.82) is 0 Å². The highest BCUT2D eigenvalue weighted by Gasteiger charge is 2.13. The topological polar surface area (TPSA) is 38.0 Å². The summed E-state index contributed by atoms with van der Waals surface area (Å²) in [5.74, 6) is 0. The molecule has 0 aliphatic heterocycles. The van der Waals surface area contributed by atoms with E-state index in [2.05, 4.69) is 5.10 Å². The highest BCUT2D eigenvalue weighted by molar-refractivity contribution is 6.30. The summed E-state index contributed by atoms with van der Waals surface area (Å²) in [7, 11) is 0. The van der Waals surface area contributed by atoms with Crippen LogP contribution < -0.4 is 0 Å². The number of hydrogen-bond donors (Lipinski definition) is 1. The number of nitrogens with zero attached hydrogens (tertiary/aromatic N) is 2. The maximum absolute atomic E-state index is 8.96. The zero-order valence-corrected chi connectivity index (χ0v) is 8.26. The van der Waals surface area contributed by atoms with Crippen LogP contribution in [-0.4, -0.2) is 14.9 Å². The van der Waals surface area contributed by atoms with Crippen molar-refractivity contribution < 1.29 is 5.11 Å². The molecule has 68 valence electrons. The summed E-state index contributed by atoms with van der Waals surface area (Å²) in [6.45, 7) is 5.80. The zero-order chi connectivity index (χ0) is 9.30. The first-order valence-corrected chi connectivity index (χ1v) is 4.30. The Bertz CT molecular complexity index is 281. The van der Waals surface area contributed by atoms with Crippen molar-refractivity contribution in [1.82, 2.24) is 9.78 Å². The van der Waals surface area contributed by atoms with Crippen LogP contribution >= 0.6 is 11.6 Å². The molecular formula is C8H13ClN2O. The number of aliphatic hydroxyl groups excluding tert-OH is 1. The molecule has 0 radical (unpaired) electrons. The van der Waals surface area contributed by atoms with Crippen LogP contribution in [0.3, 0.4) is 0 Å². The Labute approximate surface area is 77.0 Å². The van der Waals surface area contributed by atoms with Crippen LogP contribution in [0.4, 0.5) is 0 Å². The molecule has 0 bridgehead atoms. The Morgan fingerprint density at radius 2 is 2.17 bits per heavy atom. The Balaban J connectivity index is 3.17. The van der Waals surface area contributed by atoms with Gasteiger partial charge in [0.1, 0.15) is 5.15 Å². The molecular weight excluding hydrogens is 176 g/mol. The number of halogens is 1. The summed E-state index contributed by atoms with van der Waals surface area (Å²) in [6.07, 6.45) is 0. The fourth-order valence-electron chi connectivity index (χ4n) is 1.08. The fourth-order valence-corrected chi connectivity index (χ4v) is 1.50. The van der Waals surface area contributed by atoms with Crippen LogP contribution in [0.5, 0.6) is 0 Å². The second-order valence-corrected chi connectivity index (χ2v) is 3.41. The standard InChI is InChI=1S/C8H13ClN2O/c1-5(2)11-8(9)7(4-12)6(3)10-11/h5,12H,4H2,1-3H3. The van der Waals surface area contributed by atoms with Crippen LogP contribution in [0.1, 0.15) is 31.1 Å². The fraction of sp³-hybridized carbons (Fsp3) is 0.625. The third-order valence-corrected chi connectivity index (χ3v) is 2.19. The van der Waals surface area contributed by atoms with Crippen LogP contribution in [0.25, 0.3) is 0 Å². The number of aliphatic hydroxyl groups is 1. The van der Waals surface area contributed by atoms with Crippen molar-refractivity contribution in [2.45, 2.75) is 33.4 Å². The molecule has 0 saturated heterocycles. The Morgan fingerprint density at radius 1 is 1.58 bits per heavy atom. The van der Waals surface area contributed by atoms with Gasteiger partial charge < -0.3 is 5.11 Å². The van der Waals surface area contributed by atoms with E-state index in [0.717, 1.165) is 11.3 Å². The van der Waals surface area contributed by atoms with Crippen molar-refractivity contribution in [2.24, 2.45) is 0 Å². The number of rotatable bonds is 2. The molecule has 0 aliphatic carbocycles. The molecule has 1 aromatic rings. The molecule has 0 atom stereocenters. The van der Waals surface area contributed by atoms with Gasteiger partial charge >= 0.3 is 0 Å². The maximum atomic E-state index is 8.96. The minimum Gasteiger partial charge on any atom is -0.391 e. The smallest absolute Gasteiger partial charge is 0.133 e. The average Bonchev–Trinajstić information content (AvgIpc) is 2.27. The van der Waals surface area contributed by atoms with Crippen LogP contribution in [-0.2, 0) is 6.61 Å². The van der Waals surface area contributed by atoms with E-state index in [4.69, 9.17) is 16.7 Å². The molecule has 0 amide bonds. The van der Waals surface area contributed by atoms with Gasteiger partial charge in [-0.2, -0.15) is 5.10 Å². The lowest BCUT2D eigenvalue weighted by molar-refractivity contribution is 0.281. The van der Waals surface area contributed by atoms with Crippen LogP contribution in [0.15, 0.2) is 0 Å². The van der Waals surface area contributed by atoms with Gasteiger partial charge in [-0.25, -0.2) is 0 Å². The summed E-state index contributed by atoms with van der Waals surface area (Å²) in [4.78, 5) is 0. The first-order chi connectivity index (χ1) is 5.57. The summed E-state index contributed by atoms with van der Waals surface area (Å²) in [5.41, 5.74) is 1.53. The molecule has 0 unspecified atom stereocenters. The molecule has 1 rings (SSSR count). The van der Waals surface area contributed by atoms with Crippen molar-refractivity contribution in [3.8, 4) is 0 Å². The molecule has 0 spiro atoms. The number of hydrogen-bond acceptors (Lipinski definition) is 2. The molecule has 12 heavy (non-hydrogen) atoms. The van der Waals surface area contributed by atoms with E-state index >= 15 is 0 Å². The molecule has 0 fully saturated rings. The third-order valence-electron chi connectivity index (χ3n) is 1.79. The molecule has 4 heteroatoms. The molecule has 0 saturated carbocycles. The lowest BCUT2D eigenvalue weighted by Gasteiger charge is -2.05. The van der Waals surface area contributed by atoms with Gasteiger partial charge in [0, 0.05) is 11.6 Å². The molecule has 1 heterocycles. The highest BCUT2D eigenvalue weighted by Crippen LogP contribution is 2.22. The highest BCUT2D eigenvalue weighted by atomic mass is 35.5. The van der Waals surface area contributed by atoms with Crippen LogP contribution in [0, 0.1) is 6.92 Å². The molecule has 1 N–H and O–H groups in total. The van der Waals surface area contributed by atoms with Crippen molar-refractivity contribution in [3.05, 3.63) is 16.4 Å². The summed E-state index contributed by atoms with van der Waals surface area (Å²) >= 11 is 5.97. The lowest BCUT2D eigenvalue weighted by atomic mass is 10.3. The zero-order valence-electron chi connectivity index (χ0n) is 7.50. The van der Waals surface area contributed by atoms with Crippen LogP contribution in [0.2, 0.25) is 5.15 Å². The van der Waals surface area contributed by atoms with Gasteiger partial charge in [-0.15, -0.1) is 0 Å². The van der Waals surface area contributed by atoms with Gasteiger partial charge in [-0.05, 0) is 20.8 Å². The quantitative estimate of drug-likeness (QED) is 0.770. The Kier molecular flexibility index (Phi) is 2.75. The minimum absolute atomic E-state index is 0.0443.